The van der Waals surface area contributed by atoms with Gasteiger partial charge in [-0.25, -0.2) is 4.79 Å². The molecule has 0 bridgehead atoms. The summed E-state index contributed by atoms with van der Waals surface area (Å²) < 4.78 is 0. The molecule has 0 fully saturated rings. The number of carbonyl (C=O) groups is 1. The van der Waals surface area contributed by atoms with Crippen LogP contribution in [0.1, 0.15) is 18.5 Å². The van der Waals surface area contributed by atoms with Crippen molar-refractivity contribution in [2.45, 2.75) is 17.9 Å². The molecule has 90 valence electrons. The Hall–Kier alpha value is -1.49. The summed E-state index contributed by atoms with van der Waals surface area (Å²) in [5.74, 6) is 0.383. The van der Waals surface area contributed by atoms with Gasteiger partial charge in [0.25, 0.3) is 0 Å². The summed E-state index contributed by atoms with van der Waals surface area (Å²) in [6.07, 6.45) is 2.03. The van der Waals surface area contributed by atoms with Gasteiger partial charge in [0.15, 0.2) is 0 Å². The third kappa shape index (κ3) is 2.15. The highest BCUT2D eigenvalue weighted by Crippen LogP contribution is 2.27. The Balaban J connectivity index is 2.31. The topological polar surface area (TPSA) is 58.7 Å². The number of hydrogen-bond acceptors (Lipinski definition) is 3. The van der Waals surface area contributed by atoms with Crippen molar-refractivity contribution in [3.63, 3.8) is 0 Å². The van der Waals surface area contributed by atoms with Gasteiger partial charge in [-0.05, 0) is 30.9 Å². The van der Waals surface area contributed by atoms with Gasteiger partial charge in [-0.2, -0.15) is 4.99 Å². The van der Waals surface area contributed by atoms with Crippen LogP contribution in [0.3, 0.4) is 0 Å². The number of urea groups is 1. The van der Waals surface area contributed by atoms with Gasteiger partial charge in [-0.3, -0.25) is 0 Å². The first-order valence-corrected chi connectivity index (χ1v) is 6.68. The van der Waals surface area contributed by atoms with E-state index in [1.165, 1.54) is 4.90 Å². The molecule has 0 radical (unpaired) electrons. The summed E-state index contributed by atoms with van der Waals surface area (Å²) in [5, 5.41) is 0. The second-order valence-electron chi connectivity index (χ2n) is 3.78. The van der Waals surface area contributed by atoms with E-state index in [1.807, 2.05) is 37.4 Å². The second kappa shape index (κ2) is 4.79. The normalized spacial score (nSPS) is 19.6. The highest BCUT2D eigenvalue weighted by atomic mass is 32.2. The van der Waals surface area contributed by atoms with Crippen LogP contribution in [-0.2, 0) is 0 Å². The molecule has 1 aliphatic rings. The van der Waals surface area contributed by atoms with Crippen molar-refractivity contribution in [2.75, 3.05) is 12.8 Å². The molecule has 1 heterocycles. The Morgan fingerprint density at radius 3 is 2.59 bits per heavy atom. The fourth-order valence-electron chi connectivity index (χ4n) is 1.96. The third-order valence-electron chi connectivity index (χ3n) is 2.83. The Labute approximate surface area is 105 Å². The van der Waals surface area contributed by atoms with Crippen LogP contribution >= 0.6 is 11.8 Å². The second-order valence-corrected chi connectivity index (χ2v) is 4.66. The summed E-state index contributed by atoms with van der Waals surface area (Å²) in [4.78, 5) is 18.3. The number of aliphatic imine (C=N–C) groups is 1. The standard InChI is InChI=1S/C12H15N3OS/c1-3-15-10(11(13)14-12(15)16)8-4-6-9(17-2)7-5-8/h4-7,10H,3H2,1-2H3,(H2,13,14,16). The predicted octanol–water partition coefficient (Wildman–Crippen LogP) is 2.26. The minimum atomic E-state index is -0.246. The van der Waals surface area contributed by atoms with E-state index in [0.717, 1.165) is 5.56 Å². The number of amidine groups is 1. The molecular formula is C12H15N3OS. The molecule has 2 amide bonds. The van der Waals surface area contributed by atoms with E-state index >= 15 is 0 Å². The van der Waals surface area contributed by atoms with Gasteiger partial charge >= 0.3 is 6.03 Å². The molecule has 0 aliphatic carbocycles. The third-order valence-corrected chi connectivity index (χ3v) is 3.58. The Bertz CT molecular complexity index is 455. The number of rotatable bonds is 3. The highest BCUT2D eigenvalue weighted by molar-refractivity contribution is 7.98. The summed E-state index contributed by atoms with van der Waals surface area (Å²) >= 11 is 1.69. The first-order chi connectivity index (χ1) is 8.17. The smallest absolute Gasteiger partial charge is 0.346 e. The summed E-state index contributed by atoms with van der Waals surface area (Å²) in [6, 6.07) is 7.61. The zero-order valence-corrected chi connectivity index (χ0v) is 10.7. The molecule has 1 atom stereocenters. The van der Waals surface area contributed by atoms with Gasteiger partial charge in [-0.15, -0.1) is 11.8 Å². The number of amides is 2. The van der Waals surface area contributed by atoms with Crippen molar-refractivity contribution < 1.29 is 4.79 Å². The van der Waals surface area contributed by atoms with Crippen molar-refractivity contribution in [1.29, 1.82) is 0 Å². The van der Waals surface area contributed by atoms with E-state index in [4.69, 9.17) is 5.73 Å². The first kappa shape index (κ1) is 12.0. The molecule has 2 N–H and O–H groups in total. The molecule has 0 saturated carbocycles. The summed E-state index contributed by atoms with van der Waals surface area (Å²) in [5.41, 5.74) is 6.83. The number of likely N-dealkylation sites (N-methyl/N-ethyl adjacent to an activating group) is 1. The lowest BCUT2D eigenvalue weighted by atomic mass is 10.1. The molecule has 1 aromatic rings. The monoisotopic (exact) mass is 249 g/mol. The van der Waals surface area contributed by atoms with Crippen molar-refractivity contribution in [3.05, 3.63) is 29.8 Å². The van der Waals surface area contributed by atoms with Crippen LogP contribution in [0.4, 0.5) is 4.79 Å². The summed E-state index contributed by atoms with van der Waals surface area (Å²) in [6.45, 7) is 2.53. The van der Waals surface area contributed by atoms with Gasteiger partial charge in [0.1, 0.15) is 11.9 Å². The molecule has 0 spiro atoms. The number of benzene rings is 1. The van der Waals surface area contributed by atoms with Crippen LogP contribution in [0.5, 0.6) is 0 Å². The lowest BCUT2D eigenvalue weighted by molar-refractivity contribution is 0.210. The van der Waals surface area contributed by atoms with Gasteiger partial charge in [-0.1, -0.05) is 12.1 Å². The lowest BCUT2D eigenvalue weighted by Crippen LogP contribution is -2.33. The van der Waals surface area contributed by atoms with Crippen molar-refractivity contribution in [1.82, 2.24) is 4.90 Å². The molecular weight excluding hydrogens is 234 g/mol. The number of nitrogens with zero attached hydrogens (tertiary/aromatic N) is 2. The fourth-order valence-corrected chi connectivity index (χ4v) is 2.37. The average Bonchev–Trinajstić information content (AvgIpc) is 2.63. The van der Waals surface area contributed by atoms with Gasteiger partial charge in [0.2, 0.25) is 0 Å². The van der Waals surface area contributed by atoms with Crippen molar-refractivity contribution in [3.8, 4) is 0 Å². The van der Waals surface area contributed by atoms with E-state index in [0.29, 0.717) is 12.4 Å². The molecule has 1 aliphatic heterocycles. The van der Waals surface area contributed by atoms with Crippen LogP contribution in [0, 0.1) is 0 Å². The molecule has 5 heteroatoms. The number of nitrogens with two attached hydrogens (primary N) is 1. The van der Waals surface area contributed by atoms with E-state index in [1.54, 1.807) is 16.7 Å². The van der Waals surface area contributed by atoms with Crippen LogP contribution in [0.15, 0.2) is 34.2 Å². The Morgan fingerprint density at radius 1 is 1.41 bits per heavy atom. The maximum absolute atomic E-state index is 11.6. The maximum Gasteiger partial charge on any atom is 0.346 e. The first-order valence-electron chi connectivity index (χ1n) is 5.46. The molecule has 0 saturated heterocycles. The molecule has 17 heavy (non-hydrogen) atoms. The van der Waals surface area contributed by atoms with Crippen molar-refractivity contribution >= 4 is 23.6 Å². The average molecular weight is 249 g/mol. The number of carbonyl (C=O) groups excluding carboxylic acids is 1. The van der Waals surface area contributed by atoms with Crippen molar-refractivity contribution in [2.24, 2.45) is 10.7 Å². The zero-order valence-electron chi connectivity index (χ0n) is 9.88. The quantitative estimate of drug-likeness (QED) is 0.836. The molecule has 1 aromatic carbocycles. The fraction of sp³-hybridized carbons (Fsp3) is 0.333. The Kier molecular flexibility index (Phi) is 3.38. The van der Waals surface area contributed by atoms with E-state index in [-0.39, 0.29) is 12.1 Å². The largest absolute Gasteiger partial charge is 0.385 e. The van der Waals surface area contributed by atoms with Gasteiger partial charge in [0.05, 0.1) is 0 Å². The molecule has 1 unspecified atom stereocenters. The van der Waals surface area contributed by atoms with Crippen LogP contribution in [-0.4, -0.2) is 29.6 Å². The SMILES string of the molecule is CCN1C(=O)N=C(N)C1c1ccc(SC)cc1. The van der Waals surface area contributed by atoms with E-state index in [2.05, 4.69) is 4.99 Å². The molecule has 0 aromatic heterocycles. The molecule has 4 nitrogen and oxygen atoms in total. The minimum Gasteiger partial charge on any atom is -0.385 e. The Morgan fingerprint density at radius 2 is 2.06 bits per heavy atom. The number of thioether (sulfide) groups is 1. The van der Waals surface area contributed by atoms with E-state index < -0.39 is 0 Å². The van der Waals surface area contributed by atoms with Gasteiger partial charge < -0.3 is 10.6 Å². The lowest BCUT2D eigenvalue weighted by Gasteiger charge is -2.22. The van der Waals surface area contributed by atoms with Crippen LogP contribution in [0.2, 0.25) is 0 Å². The molecule has 2 rings (SSSR count). The van der Waals surface area contributed by atoms with Crippen LogP contribution in [0.25, 0.3) is 0 Å². The van der Waals surface area contributed by atoms with Crippen LogP contribution < -0.4 is 5.73 Å². The minimum absolute atomic E-state index is 0.205. The highest BCUT2D eigenvalue weighted by Gasteiger charge is 2.33. The zero-order chi connectivity index (χ0) is 12.4. The summed E-state index contributed by atoms with van der Waals surface area (Å²) in [7, 11) is 0. The van der Waals surface area contributed by atoms with E-state index in [9.17, 15) is 4.79 Å². The van der Waals surface area contributed by atoms with Gasteiger partial charge in [0, 0.05) is 11.4 Å². The maximum atomic E-state index is 11.6. The predicted molar refractivity (Wildman–Crippen MR) is 70.4 cm³/mol. The number of hydrogen-bond donors (Lipinski definition) is 1.